The van der Waals surface area contributed by atoms with Crippen molar-refractivity contribution in [2.75, 3.05) is 25.5 Å². The van der Waals surface area contributed by atoms with Crippen molar-refractivity contribution < 1.29 is 9.53 Å². The zero-order valence-corrected chi connectivity index (χ0v) is 16.0. The average Bonchev–Trinajstić information content (AvgIpc) is 2.75. The number of amides is 1. The van der Waals surface area contributed by atoms with E-state index in [4.69, 9.17) is 4.74 Å². The second-order valence-corrected chi connectivity index (χ2v) is 6.41. The number of pyridine rings is 1. The van der Waals surface area contributed by atoms with Gasteiger partial charge in [-0.05, 0) is 42.2 Å². The van der Waals surface area contributed by atoms with Crippen LogP contribution in [0.15, 0.2) is 72.9 Å². The Labute approximate surface area is 165 Å². The molecule has 5 heteroatoms. The Morgan fingerprint density at radius 3 is 2.46 bits per heavy atom. The summed E-state index contributed by atoms with van der Waals surface area (Å²) in [6.45, 7) is 1.33. The molecule has 0 unspecified atom stereocenters. The molecule has 0 saturated heterocycles. The van der Waals surface area contributed by atoms with Gasteiger partial charge in [0.2, 0.25) is 0 Å². The van der Waals surface area contributed by atoms with Gasteiger partial charge in [-0.1, -0.05) is 48.5 Å². The van der Waals surface area contributed by atoms with Crippen molar-refractivity contribution in [1.82, 2.24) is 10.3 Å². The highest BCUT2D eigenvalue weighted by Gasteiger charge is 2.07. The molecule has 3 aromatic rings. The maximum absolute atomic E-state index is 12.3. The molecule has 2 aromatic carbocycles. The molecule has 0 saturated carbocycles. The minimum atomic E-state index is -0.127. The van der Waals surface area contributed by atoms with Gasteiger partial charge in [-0.25, -0.2) is 4.98 Å². The maximum Gasteiger partial charge on any atom is 0.252 e. The van der Waals surface area contributed by atoms with E-state index in [1.165, 1.54) is 5.56 Å². The van der Waals surface area contributed by atoms with Crippen LogP contribution in [0.4, 0.5) is 5.82 Å². The number of aromatic nitrogens is 1. The topological polar surface area (TPSA) is 63.2 Å². The normalized spacial score (nSPS) is 10.3. The van der Waals surface area contributed by atoms with Gasteiger partial charge >= 0.3 is 0 Å². The van der Waals surface area contributed by atoms with Gasteiger partial charge in [0.05, 0.1) is 12.7 Å². The van der Waals surface area contributed by atoms with Crippen LogP contribution in [0, 0.1) is 0 Å². The first-order valence-corrected chi connectivity index (χ1v) is 9.40. The third-order valence-electron chi connectivity index (χ3n) is 4.46. The van der Waals surface area contributed by atoms with Gasteiger partial charge < -0.3 is 15.4 Å². The SMILES string of the molecule is COc1ccccc1CCNC(=O)c1ccc(NCCc2ccccc2)nc1. The number of methoxy groups -OCH3 is 1. The van der Waals surface area contributed by atoms with Crippen LogP contribution in [0.5, 0.6) is 5.75 Å². The molecule has 28 heavy (non-hydrogen) atoms. The second kappa shape index (κ2) is 10.1. The van der Waals surface area contributed by atoms with Crippen molar-refractivity contribution in [3.05, 3.63) is 89.6 Å². The highest BCUT2D eigenvalue weighted by molar-refractivity contribution is 5.94. The molecule has 0 atom stereocenters. The quantitative estimate of drug-likeness (QED) is 0.598. The minimum absolute atomic E-state index is 0.127. The summed E-state index contributed by atoms with van der Waals surface area (Å²) in [5, 5.41) is 6.21. The number of carbonyl (C=O) groups excluding carboxylic acids is 1. The Morgan fingerprint density at radius 1 is 0.929 bits per heavy atom. The van der Waals surface area contributed by atoms with Crippen molar-refractivity contribution in [3.63, 3.8) is 0 Å². The maximum atomic E-state index is 12.3. The lowest BCUT2D eigenvalue weighted by molar-refractivity contribution is 0.0953. The first kappa shape index (κ1) is 19.4. The van der Waals surface area contributed by atoms with Crippen LogP contribution >= 0.6 is 0 Å². The number of ether oxygens (including phenoxy) is 1. The van der Waals surface area contributed by atoms with Gasteiger partial charge in [0, 0.05) is 19.3 Å². The molecule has 0 aliphatic heterocycles. The van der Waals surface area contributed by atoms with E-state index in [0.717, 1.165) is 30.1 Å². The third kappa shape index (κ3) is 5.58. The lowest BCUT2D eigenvalue weighted by Crippen LogP contribution is -2.26. The summed E-state index contributed by atoms with van der Waals surface area (Å²) in [5.74, 6) is 1.48. The largest absolute Gasteiger partial charge is 0.496 e. The van der Waals surface area contributed by atoms with Crippen LogP contribution in [0.1, 0.15) is 21.5 Å². The van der Waals surface area contributed by atoms with E-state index in [1.54, 1.807) is 19.4 Å². The Hall–Kier alpha value is -3.34. The fourth-order valence-electron chi connectivity index (χ4n) is 2.93. The van der Waals surface area contributed by atoms with Crippen LogP contribution in [-0.2, 0) is 12.8 Å². The highest BCUT2D eigenvalue weighted by Crippen LogP contribution is 2.17. The average molecular weight is 375 g/mol. The van der Waals surface area contributed by atoms with Crippen LogP contribution in [0.3, 0.4) is 0 Å². The van der Waals surface area contributed by atoms with Crippen molar-refractivity contribution >= 4 is 11.7 Å². The Morgan fingerprint density at radius 2 is 1.71 bits per heavy atom. The number of hydrogen-bond donors (Lipinski definition) is 2. The molecule has 5 nitrogen and oxygen atoms in total. The summed E-state index contributed by atoms with van der Waals surface area (Å²) >= 11 is 0. The predicted molar refractivity (Wildman–Crippen MR) is 112 cm³/mol. The number of nitrogens with zero attached hydrogens (tertiary/aromatic N) is 1. The number of para-hydroxylation sites is 1. The number of anilines is 1. The summed E-state index contributed by atoms with van der Waals surface area (Å²) in [6, 6.07) is 21.7. The number of benzene rings is 2. The summed E-state index contributed by atoms with van der Waals surface area (Å²) in [5.41, 5.74) is 2.90. The Bertz CT molecular complexity index is 880. The van der Waals surface area contributed by atoms with Crippen LogP contribution in [-0.4, -0.2) is 31.1 Å². The first-order valence-electron chi connectivity index (χ1n) is 9.40. The van der Waals surface area contributed by atoms with Crippen molar-refractivity contribution in [3.8, 4) is 5.75 Å². The molecule has 144 valence electrons. The molecule has 0 fully saturated rings. The van der Waals surface area contributed by atoms with Gasteiger partial charge in [0.15, 0.2) is 0 Å². The zero-order valence-electron chi connectivity index (χ0n) is 16.0. The number of rotatable bonds is 9. The third-order valence-corrected chi connectivity index (χ3v) is 4.46. The van der Waals surface area contributed by atoms with Crippen LogP contribution < -0.4 is 15.4 Å². The Kier molecular flexibility index (Phi) is 7.01. The van der Waals surface area contributed by atoms with E-state index in [-0.39, 0.29) is 5.91 Å². The van der Waals surface area contributed by atoms with E-state index in [2.05, 4.69) is 27.8 Å². The molecule has 1 aromatic heterocycles. The molecule has 0 radical (unpaired) electrons. The second-order valence-electron chi connectivity index (χ2n) is 6.41. The smallest absolute Gasteiger partial charge is 0.252 e. The summed E-state index contributed by atoms with van der Waals surface area (Å²) in [6.07, 6.45) is 3.24. The highest BCUT2D eigenvalue weighted by atomic mass is 16.5. The van der Waals surface area contributed by atoms with Crippen molar-refractivity contribution in [2.45, 2.75) is 12.8 Å². The molecule has 0 spiro atoms. The van der Waals surface area contributed by atoms with Crippen LogP contribution in [0.25, 0.3) is 0 Å². The number of nitrogens with one attached hydrogen (secondary N) is 2. The van der Waals surface area contributed by atoms with E-state index in [0.29, 0.717) is 18.5 Å². The summed E-state index contributed by atoms with van der Waals surface area (Å²) in [7, 11) is 1.65. The molecule has 0 aliphatic rings. The standard InChI is InChI=1S/C23H25N3O2/c1-28-21-10-6-5-9-19(21)14-16-25-23(27)20-11-12-22(26-17-20)24-15-13-18-7-3-2-4-8-18/h2-12,17H,13-16H2,1H3,(H,24,26)(H,25,27). The molecular weight excluding hydrogens is 350 g/mol. The summed E-state index contributed by atoms with van der Waals surface area (Å²) in [4.78, 5) is 16.6. The predicted octanol–water partition coefficient (Wildman–Crippen LogP) is 3.72. The molecule has 0 bridgehead atoms. The lowest BCUT2D eigenvalue weighted by atomic mass is 10.1. The molecular formula is C23H25N3O2. The van der Waals surface area contributed by atoms with Crippen molar-refractivity contribution in [2.24, 2.45) is 0 Å². The zero-order chi connectivity index (χ0) is 19.6. The fourth-order valence-corrected chi connectivity index (χ4v) is 2.93. The minimum Gasteiger partial charge on any atom is -0.496 e. The molecule has 1 amide bonds. The Balaban J connectivity index is 1.44. The lowest BCUT2D eigenvalue weighted by Gasteiger charge is -2.09. The number of carbonyl (C=O) groups is 1. The van der Waals surface area contributed by atoms with E-state index < -0.39 is 0 Å². The van der Waals surface area contributed by atoms with E-state index >= 15 is 0 Å². The summed E-state index contributed by atoms with van der Waals surface area (Å²) < 4.78 is 5.33. The van der Waals surface area contributed by atoms with Crippen molar-refractivity contribution in [1.29, 1.82) is 0 Å². The fraction of sp³-hybridized carbons (Fsp3) is 0.217. The van der Waals surface area contributed by atoms with E-state index in [9.17, 15) is 4.79 Å². The van der Waals surface area contributed by atoms with Gasteiger partial charge in [0.1, 0.15) is 11.6 Å². The van der Waals surface area contributed by atoms with E-state index in [1.807, 2.05) is 48.5 Å². The van der Waals surface area contributed by atoms with Gasteiger partial charge in [-0.15, -0.1) is 0 Å². The molecule has 3 rings (SSSR count). The monoisotopic (exact) mass is 375 g/mol. The first-order chi connectivity index (χ1) is 13.8. The van der Waals surface area contributed by atoms with Crippen LogP contribution in [0.2, 0.25) is 0 Å². The molecule has 1 heterocycles. The molecule has 0 aliphatic carbocycles. The number of hydrogen-bond acceptors (Lipinski definition) is 4. The van der Waals surface area contributed by atoms with Gasteiger partial charge in [0.25, 0.3) is 5.91 Å². The van der Waals surface area contributed by atoms with Gasteiger partial charge in [-0.3, -0.25) is 4.79 Å². The molecule has 2 N–H and O–H groups in total. The van der Waals surface area contributed by atoms with Gasteiger partial charge in [-0.2, -0.15) is 0 Å².